The van der Waals surface area contributed by atoms with Crippen molar-refractivity contribution < 1.29 is 32.3 Å². The van der Waals surface area contributed by atoms with Crippen molar-refractivity contribution in [2.75, 3.05) is 0 Å². The van der Waals surface area contributed by atoms with Crippen molar-refractivity contribution in [1.82, 2.24) is 15.6 Å². The summed E-state index contributed by atoms with van der Waals surface area (Å²) in [4.78, 5) is 28.3. The Morgan fingerprint density at radius 2 is 1.96 bits per heavy atom. The van der Waals surface area contributed by atoms with Crippen molar-refractivity contribution in [3.8, 4) is 0 Å². The van der Waals surface area contributed by atoms with E-state index in [4.69, 9.17) is 0 Å². The zero-order chi connectivity index (χ0) is 19.8. The van der Waals surface area contributed by atoms with Gasteiger partial charge < -0.3 is 15.7 Å². The number of carbonyl (C=O) groups is 2. The summed E-state index contributed by atoms with van der Waals surface area (Å²) in [6, 6.07) is 4.00. The number of ketones is 1. The van der Waals surface area contributed by atoms with Crippen molar-refractivity contribution in [1.29, 1.82) is 0 Å². The molecule has 1 aromatic carbocycles. The number of hydrogen-bond acceptors (Lipinski definition) is 4. The first-order valence-electron chi connectivity index (χ1n) is 7.71. The summed E-state index contributed by atoms with van der Waals surface area (Å²) in [5.74, 6) is -4.12. The quantitative estimate of drug-likeness (QED) is 0.561. The maximum atomic E-state index is 13.7. The van der Waals surface area contributed by atoms with Crippen molar-refractivity contribution in [3.05, 3.63) is 65.7 Å². The summed E-state index contributed by atoms with van der Waals surface area (Å²) < 4.78 is 54.6. The number of nitrogens with zero attached hydrogens (tertiary/aromatic N) is 1. The van der Waals surface area contributed by atoms with E-state index in [1.807, 2.05) is 0 Å². The van der Waals surface area contributed by atoms with E-state index >= 15 is 0 Å². The molecule has 2 aromatic rings. The van der Waals surface area contributed by atoms with Gasteiger partial charge in [0.25, 0.3) is 0 Å². The van der Waals surface area contributed by atoms with Crippen LogP contribution in [0.15, 0.2) is 48.8 Å². The average Bonchev–Trinajstić information content (AvgIpc) is 2.60. The van der Waals surface area contributed by atoms with Crippen LogP contribution in [0.3, 0.4) is 0 Å². The smallest absolute Gasteiger partial charge is 0.363 e. The lowest BCUT2D eigenvalue weighted by Gasteiger charge is -2.45. The Bertz CT molecular complexity index is 875. The standard InChI is InChI=1S/C17H13F4N3O3/c18-11-5-1-3-9(7-11)13-12(14(25)10-4-2-6-22-8-10)16(27,17(19,20)21)24-15(26)23-13/h1-8,12-13,27H,(H2,23,24,26)/t12-,13-,16-/m1/s1. The molecule has 0 spiro atoms. The van der Waals surface area contributed by atoms with E-state index in [-0.39, 0.29) is 11.1 Å². The second kappa shape index (κ2) is 6.62. The zero-order valence-electron chi connectivity index (χ0n) is 13.5. The number of halogens is 4. The predicted molar refractivity (Wildman–Crippen MR) is 83.9 cm³/mol. The molecular weight excluding hydrogens is 370 g/mol. The predicted octanol–water partition coefficient (Wildman–Crippen LogP) is 2.32. The van der Waals surface area contributed by atoms with E-state index in [1.54, 1.807) is 0 Å². The van der Waals surface area contributed by atoms with Crippen LogP contribution in [-0.4, -0.2) is 33.8 Å². The Morgan fingerprint density at radius 1 is 1.22 bits per heavy atom. The molecule has 0 bridgehead atoms. The largest absolute Gasteiger partial charge is 0.437 e. The molecular formula is C17H13F4N3O3. The van der Waals surface area contributed by atoms with Crippen molar-refractivity contribution in [2.24, 2.45) is 5.92 Å². The molecule has 1 aliphatic heterocycles. The number of amides is 2. The first-order valence-corrected chi connectivity index (χ1v) is 7.71. The molecule has 1 fully saturated rings. The second-order valence-corrected chi connectivity index (χ2v) is 5.98. The van der Waals surface area contributed by atoms with Gasteiger partial charge in [-0.05, 0) is 29.8 Å². The summed E-state index contributed by atoms with van der Waals surface area (Å²) in [6.07, 6.45) is -3.02. The van der Waals surface area contributed by atoms with Gasteiger partial charge in [0.05, 0.1) is 6.04 Å². The van der Waals surface area contributed by atoms with Gasteiger partial charge in [-0.15, -0.1) is 0 Å². The van der Waals surface area contributed by atoms with Gasteiger partial charge in [0, 0.05) is 18.0 Å². The van der Waals surface area contributed by atoms with Crippen LogP contribution in [0.1, 0.15) is 22.0 Å². The van der Waals surface area contributed by atoms with E-state index in [0.29, 0.717) is 0 Å². The molecule has 6 nitrogen and oxygen atoms in total. The minimum Gasteiger partial charge on any atom is -0.363 e. The summed E-state index contributed by atoms with van der Waals surface area (Å²) in [6.45, 7) is 0. The number of benzene rings is 1. The van der Waals surface area contributed by atoms with Gasteiger partial charge in [-0.3, -0.25) is 9.78 Å². The van der Waals surface area contributed by atoms with Crippen LogP contribution >= 0.6 is 0 Å². The fourth-order valence-electron chi connectivity index (χ4n) is 3.00. The number of pyridine rings is 1. The van der Waals surface area contributed by atoms with Crippen LogP contribution < -0.4 is 10.6 Å². The molecule has 0 aliphatic carbocycles. The maximum Gasteiger partial charge on any atom is 0.437 e. The highest BCUT2D eigenvalue weighted by Gasteiger charge is 2.66. The van der Waals surface area contributed by atoms with Crippen LogP contribution in [0.4, 0.5) is 22.4 Å². The second-order valence-electron chi connectivity index (χ2n) is 5.98. The number of alkyl halides is 3. The molecule has 0 radical (unpaired) electrons. The van der Waals surface area contributed by atoms with E-state index in [1.165, 1.54) is 35.8 Å². The Kier molecular flexibility index (Phi) is 4.60. The van der Waals surface area contributed by atoms with Crippen molar-refractivity contribution in [3.63, 3.8) is 0 Å². The number of nitrogens with one attached hydrogen (secondary N) is 2. The van der Waals surface area contributed by atoms with Crippen molar-refractivity contribution in [2.45, 2.75) is 17.9 Å². The normalized spacial score (nSPS) is 25.4. The lowest BCUT2D eigenvalue weighted by Crippen LogP contribution is -2.72. The van der Waals surface area contributed by atoms with Crippen LogP contribution in [0, 0.1) is 11.7 Å². The van der Waals surface area contributed by atoms with Gasteiger partial charge in [-0.1, -0.05) is 12.1 Å². The highest BCUT2D eigenvalue weighted by molar-refractivity contribution is 6.00. The summed E-state index contributed by atoms with van der Waals surface area (Å²) in [5, 5.41) is 13.9. The number of Topliss-reactive ketones (excluding diaryl/α,β-unsaturated/α-hetero) is 1. The summed E-state index contributed by atoms with van der Waals surface area (Å²) >= 11 is 0. The molecule has 0 unspecified atom stereocenters. The Labute approximate surface area is 150 Å². The van der Waals surface area contributed by atoms with Crippen molar-refractivity contribution >= 4 is 11.8 Å². The van der Waals surface area contributed by atoms with Crippen LogP contribution in [0.5, 0.6) is 0 Å². The summed E-state index contributed by atoms with van der Waals surface area (Å²) in [5.41, 5.74) is -4.17. The van der Waals surface area contributed by atoms with E-state index in [2.05, 4.69) is 10.3 Å². The number of rotatable bonds is 3. The molecule has 1 aromatic heterocycles. The van der Waals surface area contributed by atoms with E-state index in [9.17, 15) is 32.3 Å². The van der Waals surface area contributed by atoms with E-state index < -0.39 is 41.5 Å². The lowest BCUT2D eigenvalue weighted by molar-refractivity contribution is -0.287. The SMILES string of the molecule is O=C1N[C@H](c2cccc(F)c2)[C@H](C(=O)c2cccnc2)[C@@](O)(C(F)(F)F)N1. The number of carbonyl (C=O) groups excluding carboxylic acids is 2. The molecule has 142 valence electrons. The Morgan fingerprint density at radius 3 is 2.56 bits per heavy atom. The van der Waals surface area contributed by atoms with Gasteiger partial charge >= 0.3 is 12.2 Å². The fourth-order valence-corrected chi connectivity index (χ4v) is 3.00. The number of hydrogen-bond donors (Lipinski definition) is 3. The molecule has 1 saturated heterocycles. The third-order valence-corrected chi connectivity index (χ3v) is 4.24. The van der Waals surface area contributed by atoms with Crippen LogP contribution in [0.25, 0.3) is 0 Å². The monoisotopic (exact) mass is 383 g/mol. The van der Waals surface area contributed by atoms with Gasteiger partial charge in [0.1, 0.15) is 11.7 Å². The molecule has 2 heterocycles. The van der Waals surface area contributed by atoms with E-state index in [0.717, 1.165) is 18.3 Å². The van der Waals surface area contributed by atoms with Gasteiger partial charge in [0.2, 0.25) is 5.72 Å². The highest BCUT2D eigenvalue weighted by Crippen LogP contribution is 2.43. The van der Waals surface area contributed by atoms with Gasteiger partial charge in [-0.2, -0.15) is 13.2 Å². The average molecular weight is 383 g/mol. The minimum atomic E-state index is -5.38. The molecule has 3 N–H and O–H groups in total. The molecule has 0 saturated carbocycles. The first kappa shape index (κ1) is 18.8. The molecule has 27 heavy (non-hydrogen) atoms. The molecule has 2 amide bonds. The first-order chi connectivity index (χ1) is 12.6. The summed E-state index contributed by atoms with van der Waals surface area (Å²) in [7, 11) is 0. The highest BCUT2D eigenvalue weighted by atomic mass is 19.4. The lowest BCUT2D eigenvalue weighted by atomic mass is 9.77. The van der Waals surface area contributed by atoms with Crippen LogP contribution in [0.2, 0.25) is 0 Å². The number of urea groups is 1. The Balaban J connectivity index is 2.17. The molecule has 10 heteroatoms. The number of aliphatic hydroxyl groups is 1. The fraction of sp³-hybridized carbons (Fsp3) is 0.235. The topological polar surface area (TPSA) is 91.3 Å². The minimum absolute atomic E-state index is 0.102. The third-order valence-electron chi connectivity index (χ3n) is 4.24. The number of aromatic nitrogens is 1. The Hall–Kier alpha value is -3.01. The van der Waals surface area contributed by atoms with Gasteiger partial charge in [0.15, 0.2) is 5.78 Å². The van der Waals surface area contributed by atoms with Gasteiger partial charge in [-0.25, -0.2) is 9.18 Å². The molecule has 1 aliphatic rings. The molecule has 3 atom stereocenters. The van der Waals surface area contributed by atoms with Crippen LogP contribution in [-0.2, 0) is 0 Å². The third kappa shape index (κ3) is 3.35. The zero-order valence-corrected chi connectivity index (χ0v) is 13.5. The maximum absolute atomic E-state index is 13.7. The molecule has 3 rings (SSSR count).